The molecule has 3 heterocycles. The summed E-state index contributed by atoms with van der Waals surface area (Å²) >= 11 is 6.36. The van der Waals surface area contributed by atoms with E-state index in [1.807, 2.05) is 27.7 Å². The molecule has 1 aliphatic heterocycles. The first-order valence-electron chi connectivity index (χ1n) is 9.77. The van der Waals surface area contributed by atoms with Crippen LogP contribution in [0.15, 0.2) is 6.20 Å². The van der Waals surface area contributed by atoms with Crippen LogP contribution in [-0.2, 0) is 16.6 Å². The second-order valence-electron chi connectivity index (χ2n) is 8.74. The SMILES string of the molecule is CNC(=O)[C@H]1CC(O)CN1C(=O)C(n1cc(-c2c(C)nn(C)c2Cl)nn1)C(C)(C)C. The van der Waals surface area contributed by atoms with Gasteiger partial charge >= 0.3 is 0 Å². The van der Waals surface area contributed by atoms with Gasteiger partial charge in [0.05, 0.1) is 23.6 Å². The van der Waals surface area contributed by atoms with E-state index in [4.69, 9.17) is 11.6 Å². The highest BCUT2D eigenvalue weighted by atomic mass is 35.5. The highest BCUT2D eigenvalue weighted by Gasteiger charge is 2.45. The number of nitrogens with zero attached hydrogens (tertiary/aromatic N) is 6. The predicted molar refractivity (Wildman–Crippen MR) is 111 cm³/mol. The number of rotatable bonds is 4. The van der Waals surface area contributed by atoms with Crippen molar-refractivity contribution in [3.8, 4) is 11.3 Å². The molecular formula is C19H28ClN7O3. The van der Waals surface area contributed by atoms with Gasteiger partial charge in [0.15, 0.2) is 0 Å². The quantitative estimate of drug-likeness (QED) is 0.734. The number of hydrogen-bond acceptors (Lipinski definition) is 6. The van der Waals surface area contributed by atoms with Crippen LogP contribution in [0.5, 0.6) is 0 Å². The third-order valence-electron chi connectivity index (χ3n) is 5.35. The molecule has 30 heavy (non-hydrogen) atoms. The fourth-order valence-electron chi connectivity index (χ4n) is 3.95. The molecule has 1 fully saturated rings. The van der Waals surface area contributed by atoms with Crippen molar-refractivity contribution in [2.24, 2.45) is 12.5 Å². The van der Waals surface area contributed by atoms with Gasteiger partial charge in [-0.2, -0.15) is 5.10 Å². The summed E-state index contributed by atoms with van der Waals surface area (Å²) in [5.41, 5.74) is 1.34. The largest absolute Gasteiger partial charge is 0.391 e. The van der Waals surface area contributed by atoms with E-state index in [-0.39, 0.29) is 24.8 Å². The average molecular weight is 438 g/mol. The van der Waals surface area contributed by atoms with Gasteiger partial charge < -0.3 is 15.3 Å². The summed E-state index contributed by atoms with van der Waals surface area (Å²) in [4.78, 5) is 27.3. The number of aromatic nitrogens is 5. The van der Waals surface area contributed by atoms with Crippen LogP contribution in [-0.4, -0.2) is 72.3 Å². The summed E-state index contributed by atoms with van der Waals surface area (Å²) in [5.74, 6) is -0.595. The first-order chi connectivity index (χ1) is 14.0. The molecule has 3 atom stereocenters. The average Bonchev–Trinajstić information content (AvgIpc) is 3.32. The minimum Gasteiger partial charge on any atom is -0.391 e. The van der Waals surface area contributed by atoms with Crippen LogP contribution in [0.25, 0.3) is 11.3 Å². The molecule has 2 aromatic heterocycles. The van der Waals surface area contributed by atoms with Gasteiger partial charge in [-0.25, -0.2) is 4.68 Å². The highest BCUT2D eigenvalue weighted by Crippen LogP contribution is 2.36. The van der Waals surface area contributed by atoms with Gasteiger partial charge in [-0.1, -0.05) is 37.6 Å². The molecule has 2 amide bonds. The van der Waals surface area contributed by atoms with Crippen molar-refractivity contribution in [1.82, 2.24) is 35.0 Å². The van der Waals surface area contributed by atoms with Gasteiger partial charge in [0.1, 0.15) is 22.9 Å². The second-order valence-corrected chi connectivity index (χ2v) is 9.10. The Labute approximate surface area is 180 Å². The monoisotopic (exact) mass is 437 g/mol. The second kappa shape index (κ2) is 7.99. The van der Waals surface area contributed by atoms with Crippen molar-refractivity contribution < 1.29 is 14.7 Å². The van der Waals surface area contributed by atoms with E-state index in [0.29, 0.717) is 22.1 Å². The maximum Gasteiger partial charge on any atom is 0.248 e. The Balaban J connectivity index is 1.99. The first-order valence-corrected chi connectivity index (χ1v) is 10.1. The van der Waals surface area contributed by atoms with Crippen LogP contribution in [0.3, 0.4) is 0 Å². The van der Waals surface area contributed by atoms with E-state index in [1.54, 1.807) is 17.9 Å². The Kier molecular flexibility index (Phi) is 5.92. The topological polar surface area (TPSA) is 118 Å². The van der Waals surface area contributed by atoms with Crippen LogP contribution >= 0.6 is 11.6 Å². The zero-order chi connectivity index (χ0) is 22.4. The number of nitrogens with one attached hydrogen (secondary N) is 1. The third kappa shape index (κ3) is 3.93. The summed E-state index contributed by atoms with van der Waals surface area (Å²) in [6.45, 7) is 7.67. The van der Waals surface area contributed by atoms with Crippen LogP contribution in [0.1, 0.15) is 38.9 Å². The summed E-state index contributed by atoms with van der Waals surface area (Å²) in [7, 11) is 3.25. The van der Waals surface area contributed by atoms with Crippen molar-refractivity contribution >= 4 is 23.4 Å². The number of carbonyl (C=O) groups is 2. The number of amides is 2. The van der Waals surface area contributed by atoms with Crippen molar-refractivity contribution in [2.75, 3.05) is 13.6 Å². The molecule has 2 N–H and O–H groups in total. The molecule has 0 bridgehead atoms. The van der Waals surface area contributed by atoms with Gasteiger partial charge in [-0.3, -0.25) is 14.3 Å². The lowest BCUT2D eigenvalue weighted by atomic mass is 9.85. The Morgan fingerprint density at radius 3 is 2.57 bits per heavy atom. The van der Waals surface area contributed by atoms with Crippen LogP contribution in [0.2, 0.25) is 5.15 Å². The first kappa shape index (κ1) is 22.2. The molecule has 164 valence electrons. The maximum absolute atomic E-state index is 13.6. The normalized spacial score (nSPS) is 20.5. The molecule has 0 aromatic carbocycles. The Bertz CT molecular complexity index is 962. The third-order valence-corrected chi connectivity index (χ3v) is 5.78. The molecular weight excluding hydrogens is 410 g/mol. The number of hydrogen-bond donors (Lipinski definition) is 2. The van der Waals surface area contributed by atoms with Crippen molar-refractivity contribution in [2.45, 2.75) is 52.3 Å². The molecule has 1 saturated heterocycles. The van der Waals surface area contributed by atoms with E-state index in [2.05, 4.69) is 20.7 Å². The Hall–Kier alpha value is -2.46. The molecule has 2 unspecified atom stereocenters. The zero-order valence-electron chi connectivity index (χ0n) is 18.0. The van der Waals surface area contributed by atoms with Gasteiger partial charge in [0.25, 0.3) is 0 Å². The summed E-state index contributed by atoms with van der Waals surface area (Å²) in [5, 5.41) is 25.8. The van der Waals surface area contributed by atoms with Crippen LogP contribution in [0, 0.1) is 12.3 Å². The molecule has 0 spiro atoms. The van der Waals surface area contributed by atoms with Gasteiger partial charge in [-0.05, 0) is 12.3 Å². The smallest absolute Gasteiger partial charge is 0.248 e. The number of likely N-dealkylation sites (N-methyl/N-ethyl adjacent to an activating group) is 1. The fraction of sp³-hybridized carbons (Fsp3) is 0.632. The molecule has 0 radical (unpaired) electrons. The lowest BCUT2D eigenvalue weighted by Gasteiger charge is -2.34. The van der Waals surface area contributed by atoms with Crippen LogP contribution in [0.4, 0.5) is 0 Å². The lowest BCUT2D eigenvalue weighted by Crippen LogP contribution is -2.49. The fourth-order valence-corrected chi connectivity index (χ4v) is 4.22. The maximum atomic E-state index is 13.6. The van der Waals surface area contributed by atoms with Crippen molar-refractivity contribution in [3.05, 3.63) is 17.0 Å². The van der Waals surface area contributed by atoms with Gasteiger partial charge in [0.2, 0.25) is 11.8 Å². The van der Waals surface area contributed by atoms with E-state index in [0.717, 1.165) is 0 Å². The Morgan fingerprint density at radius 2 is 2.03 bits per heavy atom. The number of halogens is 1. The number of aryl methyl sites for hydroxylation is 2. The number of likely N-dealkylation sites (tertiary alicyclic amines) is 1. The van der Waals surface area contributed by atoms with Crippen molar-refractivity contribution in [3.63, 3.8) is 0 Å². The number of aliphatic hydroxyl groups is 1. The van der Waals surface area contributed by atoms with Crippen molar-refractivity contribution in [1.29, 1.82) is 0 Å². The molecule has 10 nitrogen and oxygen atoms in total. The number of β-amino-alcohol motifs (C(OH)–C–C–N with tert-alkyl or cyclic N) is 1. The molecule has 0 aliphatic carbocycles. The summed E-state index contributed by atoms with van der Waals surface area (Å²) in [6, 6.07) is -1.45. The number of carbonyl (C=O) groups excluding carboxylic acids is 2. The highest BCUT2D eigenvalue weighted by molar-refractivity contribution is 6.32. The van der Waals surface area contributed by atoms with E-state index in [9.17, 15) is 14.7 Å². The number of aliphatic hydroxyl groups excluding tert-OH is 1. The van der Waals surface area contributed by atoms with E-state index in [1.165, 1.54) is 16.6 Å². The van der Waals surface area contributed by atoms with Gasteiger partial charge in [-0.15, -0.1) is 5.10 Å². The molecule has 11 heteroatoms. The zero-order valence-corrected chi connectivity index (χ0v) is 18.8. The molecule has 0 saturated carbocycles. The standard InChI is InChI=1S/C19H28ClN7O3/c1-10-14(16(20)25(6)23-10)12-9-27(24-22-12)15(19(2,3)4)18(30)26-8-11(28)7-13(26)17(29)21-5/h9,11,13,15,28H,7-8H2,1-6H3,(H,21,29)/t11?,13-,15?/m1/s1. The molecule has 3 rings (SSSR count). The molecule has 1 aliphatic rings. The molecule has 2 aromatic rings. The van der Waals surface area contributed by atoms with E-state index < -0.39 is 23.6 Å². The van der Waals surface area contributed by atoms with E-state index >= 15 is 0 Å². The minimum absolute atomic E-state index is 0.0958. The lowest BCUT2D eigenvalue weighted by molar-refractivity contribution is -0.144. The Morgan fingerprint density at radius 1 is 1.37 bits per heavy atom. The minimum atomic E-state index is -0.750. The summed E-state index contributed by atoms with van der Waals surface area (Å²) < 4.78 is 3.06. The summed E-state index contributed by atoms with van der Waals surface area (Å²) in [6.07, 6.45) is 1.13. The predicted octanol–water partition coefficient (Wildman–Crippen LogP) is 0.935. The van der Waals surface area contributed by atoms with Gasteiger partial charge in [0, 0.05) is 27.1 Å². The van der Waals surface area contributed by atoms with Crippen LogP contribution < -0.4 is 5.32 Å².